The number of ether oxygens (including phenoxy) is 1. The van der Waals surface area contributed by atoms with Crippen molar-refractivity contribution >= 4 is 0 Å². The van der Waals surface area contributed by atoms with Gasteiger partial charge in [-0.3, -0.25) is 0 Å². The van der Waals surface area contributed by atoms with Crippen LogP contribution in [-0.4, -0.2) is 0 Å². The van der Waals surface area contributed by atoms with Gasteiger partial charge in [-0.15, -0.1) is 0 Å². The molecule has 0 radical (unpaired) electrons. The third-order valence-electron chi connectivity index (χ3n) is 8.17. The van der Waals surface area contributed by atoms with Gasteiger partial charge >= 0.3 is 12.3 Å². The van der Waals surface area contributed by atoms with Crippen LogP contribution in [0.15, 0.2) is 36.4 Å². The van der Waals surface area contributed by atoms with E-state index in [1.54, 1.807) is 12.1 Å². The first kappa shape index (κ1) is 26.8. The number of hydrogen-bond donors (Lipinski definition) is 0. The lowest BCUT2D eigenvalue weighted by Gasteiger charge is -2.38. The highest BCUT2D eigenvalue weighted by Crippen LogP contribution is 2.45. The third-order valence-corrected chi connectivity index (χ3v) is 8.17. The molecule has 36 heavy (non-hydrogen) atoms. The number of rotatable bonds is 6. The summed E-state index contributed by atoms with van der Waals surface area (Å²) in [5.74, 6) is -2.37. The van der Waals surface area contributed by atoms with Crippen LogP contribution in [-0.2, 0) is 12.3 Å². The Labute approximate surface area is 207 Å². The number of hydrogen-bond acceptors (Lipinski definition) is 1. The van der Waals surface area contributed by atoms with Crippen LogP contribution in [0, 0.1) is 29.4 Å². The van der Waals surface area contributed by atoms with E-state index in [2.05, 4.69) is 11.7 Å². The van der Waals surface area contributed by atoms with Gasteiger partial charge in [0.15, 0.2) is 0 Å². The SMILES string of the molecule is CC[C@H]1CC[C@H]([C@H]2CC[C@H](c3ccc(C(F)(F)Oc4cc(F)c(C(F)(F)F)c(F)c4)cc3)CC2)CC1. The van der Waals surface area contributed by atoms with Gasteiger partial charge in [0.2, 0.25) is 0 Å². The Kier molecular flexibility index (Phi) is 7.91. The van der Waals surface area contributed by atoms with Gasteiger partial charge < -0.3 is 4.74 Å². The summed E-state index contributed by atoms with van der Waals surface area (Å²) in [6.45, 7) is 2.26. The topological polar surface area (TPSA) is 9.23 Å². The average Bonchev–Trinajstić information content (AvgIpc) is 2.83. The highest BCUT2D eigenvalue weighted by Gasteiger charge is 2.40. The molecule has 2 aromatic rings. The number of alkyl halides is 5. The first-order valence-corrected chi connectivity index (χ1v) is 12.7. The van der Waals surface area contributed by atoms with Gasteiger partial charge in [0.05, 0.1) is 5.56 Å². The molecule has 2 fully saturated rings. The lowest BCUT2D eigenvalue weighted by molar-refractivity contribution is -0.185. The standard InChI is InChI=1S/C28H31F7O/c1-2-17-3-5-18(6-4-17)19-7-9-20(10-8-19)21-11-13-22(14-12-21)28(34,35)36-23-15-24(29)26(25(30)16-23)27(31,32)33/h11-20H,2-10H2,1H3/t17-,18-,19-,20-. The molecule has 0 aromatic heterocycles. The molecule has 1 nitrogen and oxygen atoms in total. The van der Waals surface area contributed by atoms with Gasteiger partial charge in [-0.2, -0.15) is 22.0 Å². The second-order valence-electron chi connectivity index (χ2n) is 10.3. The molecular weight excluding hydrogens is 485 g/mol. The van der Waals surface area contributed by atoms with Crippen LogP contribution in [0.1, 0.15) is 87.3 Å². The van der Waals surface area contributed by atoms with Crippen molar-refractivity contribution in [2.45, 2.75) is 82.9 Å². The summed E-state index contributed by atoms with van der Waals surface area (Å²) in [5.41, 5.74) is -1.74. The van der Waals surface area contributed by atoms with Gasteiger partial charge in [0, 0.05) is 12.1 Å². The first-order chi connectivity index (χ1) is 17.0. The average molecular weight is 517 g/mol. The van der Waals surface area contributed by atoms with E-state index in [1.165, 1.54) is 44.2 Å². The smallest absolute Gasteiger partial charge is 0.426 e. The van der Waals surface area contributed by atoms with Crippen LogP contribution in [0.4, 0.5) is 30.7 Å². The summed E-state index contributed by atoms with van der Waals surface area (Å²) in [6.07, 6.45) is 1.55. The summed E-state index contributed by atoms with van der Waals surface area (Å²) in [4.78, 5) is 0. The predicted octanol–water partition coefficient (Wildman–Crippen LogP) is 9.60. The van der Waals surface area contributed by atoms with Crippen LogP contribution in [0.25, 0.3) is 0 Å². The van der Waals surface area contributed by atoms with Crippen molar-refractivity contribution in [2.24, 2.45) is 17.8 Å². The van der Waals surface area contributed by atoms with Crippen molar-refractivity contribution in [3.8, 4) is 5.75 Å². The molecule has 0 unspecified atom stereocenters. The summed E-state index contributed by atoms with van der Waals surface area (Å²) in [5, 5.41) is 0. The molecule has 0 aliphatic heterocycles. The minimum Gasteiger partial charge on any atom is -0.429 e. The fourth-order valence-electron chi connectivity index (χ4n) is 6.03. The fourth-order valence-corrected chi connectivity index (χ4v) is 6.03. The van der Waals surface area contributed by atoms with E-state index in [0.29, 0.717) is 0 Å². The Morgan fingerprint density at radius 3 is 1.72 bits per heavy atom. The van der Waals surface area contributed by atoms with E-state index in [4.69, 9.17) is 0 Å². The van der Waals surface area contributed by atoms with E-state index in [0.717, 1.165) is 49.0 Å². The van der Waals surface area contributed by atoms with Crippen molar-refractivity contribution in [3.63, 3.8) is 0 Å². The second kappa shape index (κ2) is 10.6. The monoisotopic (exact) mass is 516 g/mol. The Bertz CT molecular complexity index is 992. The van der Waals surface area contributed by atoms with Crippen molar-refractivity contribution in [2.75, 3.05) is 0 Å². The second-order valence-corrected chi connectivity index (χ2v) is 10.3. The molecule has 198 valence electrons. The van der Waals surface area contributed by atoms with Gasteiger partial charge in [-0.25, -0.2) is 8.78 Å². The Balaban J connectivity index is 1.37. The van der Waals surface area contributed by atoms with Crippen LogP contribution in [0.3, 0.4) is 0 Å². The minimum absolute atomic E-state index is 0.112. The van der Waals surface area contributed by atoms with Crippen molar-refractivity contribution < 1.29 is 35.5 Å². The molecule has 0 amide bonds. The molecule has 0 atom stereocenters. The summed E-state index contributed by atoms with van der Waals surface area (Å²) in [6, 6.07) is 5.84. The Hall–Kier alpha value is -2.25. The highest BCUT2D eigenvalue weighted by atomic mass is 19.4. The normalized spacial score (nSPS) is 25.6. The molecule has 8 heteroatoms. The van der Waals surface area contributed by atoms with Gasteiger partial charge in [-0.1, -0.05) is 38.3 Å². The Morgan fingerprint density at radius 2 is 1.25 bits per heavy atom. The van der Waals surface area contributed by atoms with Crippen LogP contribution >= 0.6 is 0 Å². The summed E-state index contributed by atoms with van der Waals surface area (Å²) < 4.78 is 99.3. The van der Waals surface area contributed by atoms with Gasteiger partial charge in [0.25, 0.3) is 0 Å². The quantitative estimate of drug-likeness (QED) is 0.347. The first-order valence-electron chi connectivity index (χ1n) is 12.7. The summed E-state index contributed by atoms with van der Waals surface area (Å²) >= 11 is 0. The van der Waals surface area contributed by atoms with E-state index in [1.807, 2.05) is 0 Å². The molecule has 0 saturated heterocycles. The molecule has 0 spiro atoms. The maximum atomic E-state index is 14.6. The van der Waals surface area contributed by atoms with E-state index in [9.17, 15) is 30.7 Å². The number of halogens is 7. The fraction of sp³-hybridized carbons (Fsp3) is 0.571. The zero-order valence-corrected chi connectivity index (χ0v) is 20.2. The zero-order chi connectivity index (χ0) is 26.1. The Morgan fingerprint density at radius 1 is 0.750 bits per heavy atom. The van der Waals surface area contributed by atoms with Crippen molar-refractivity contribution in [1.29, 1.82) is 0 Å². The van der Waals surface area contributed by atoms with E-state index < -0.39 is 40.8 Å². The molecule has 2 aliphatic carbocycles. The maximum absolute atomic E-state index is 14.6. The van der Waals surface area contributed by atoms with Crippen molar-refractivity contribution in [1.82, 2.24) is 0 Å². The third kappa shape index (κ3) is 6.00. The minimum atomic E-state index is -5.29. The van der Waals surface area contributed by atoms with Gasteiger partial charge in [-0.05, 0) is 79.9 Å². The highest BCUT2D eigenvalue weighted by molar-refractivity contribution is 5.34. The molecule has 0 N–H and O–H groups in total. The molecular formula is C28H31F7O. The van der Waals surface area contributed by atoms with E-state index in [-0.39, 0.29) is 18.1 Å². The van der Waals surface area contributed by atoms with Crippen LogP contribution in [0.2, 0.25) is 0 Å². The lowest BCUT2D eigenvalue weighted by Crippen LogP contribution is -2.25. The van der Waals surface area contributed by atoms with Crippen molar-refractivity contribution in [3.05, 3.63) is 64.7 Å². The number of benzene rings is 2. The molecule has 0 heterocycles. The molecule has 0 bridgehead atoms. The maximum Gasteiger partial charge on any atom is 0.426 e. The zero-order valence-electron chi connectivity index (χ0n) is 20.2. The molecule has 2 aromatic carbocycles. The summed E-state index contributed by atoms with van der Waals surface area (Å²) in [7, 11) is 0. The predicted molar refractivity (Wildman–Crippen MR) is 123 cm³/mol. The molecule has 2 aliphatic rings. The largest absolute Gasteiger partial charge is 0.429 e. The molecule has 4 rings (SSSR count). The molecule has 2 saturated carbocycles. The van der Waals surface area contributed by atoms with Crippen LogP contribution in [0.5, 0.6) is 5.75 Å². The van der Waals surface area contributed by atoms with Gasteiger partial charge in [0.1, 0.15) is 22.9 Å². The van der Waals surface area contributed by atoms with Crippen LogP contribution < -0.4 is 4.74 Å². The van der Waals surface area contributed by atoms with E-state index >= 15 is 0 Å². The lowest BCUT2D eigenvalue weighted by atomic mass is 9.68.